The number of ether oxygens (including phenoxy) is 1. The van der Waals surface area contributed by atoms with Crippen LogP contribution in [0.5, 0.6) is 5.75 Å². The van der Waals surface area contributed by atoms with Crippen LogP contribution in [0.3, 0.4) is 0 Å². The summed E-state index contributed by atoms with van der Waals surface area (Å²) in [4.78, 5) is 26.7. The summed E-state index contributed by atoms with van der Waals surface area (Å²) in [5.41, 5.74) is 0.411. The number of imide groups is 1. The summed E-state index contributed by atoms with van der Waals surface area (Å²) in [7, 11) is 0.150. The first kappa shape index (κ1) is 20.4. The summed E-state index contributed by atoms with van der Waals surface area (Å²) in [6, 6.07) is 6.45. The van der Waals surface area contributed by atoms with E-state index in [1.807, 2.05) is 0 Å². The van der Waals surface area contributed by atoms with Crippen molar-refractivity contribution in [1.82, 2.24) is 10.2 Å². The van der Waals surface area contributed by atoms with E-state index in [-0.39, 0.29) is 11.3 Å². The van der Waals surface area contributed by atoms with Crippen molar-refractivity contribution in [2.24, 2.45) is 0 Å². The van der Waals surface area contributed by atoms with Crippen LogP contribution < -0.4 is 10.1 Å². The van der Waals surface area contributed by atoms with Gasteiger partial charge in [0.25, 0.3) is 5.91 Å². The molecule has 0 spiro atoms. The molecule has 0 aliphatic heterocycles. The number of hydrogen-bond donors (Lipinski definition) is 1. The van der Waals surface area contributed by atoms with Crippen molar-refractivity contribution in [1.29, 1.82) is 0 Å². The van der Waals surface area contributed by atoms with Crippen molar-refractivity contribution in [3.8, 4) is 5.75 Å². The lowest BCUT2D eigenvalue weighted by Gasteiger charge is -2.44. The van der Waals surface area contributed by atoms with Crippen LogP contribution in [0, 0.1) is 0 Å². The molecule has 1 aromatic rings. The summed E-state index contributed by atoms with van der Waals surface area (Å²) < 4.78 is 5.12. The normalized spacial score (nSPS) is 12.0. The number of rotatable bonds is 5. The van der Waals surface area contributed by atoms with Crippen molar-refractivity contribution in [2.75, 3.05) is 14.2 Å². The highest BCUT2D eigenvalue weighted by Gasteiger charge is 2.42. The zero-order valence-corrected chi connectivity index (χ0v) is 18.1. The van der Waals surface area contributed by atoms with Crippen LogP contribution in [-0.2, 0) is 0 Å². The number of nitrogens with zero attached hydrogens (tertiary/aromatic N) is 1. The molecule has 0 bridgehead atoms. The SMILES string of the molecule is COc1cccc(C(=O)NC(=O)N(C)C([Si](C)(C)C)[Si](C)(C)C)c1. The van der Waals surface area contributed by atoms with E-state index < -0.39 is 22.1 Å². The quantitative estimate of drug-likeness (QED) is 0.810. The molecule has 5 nitrogen and oxygen atoms in total. The fourth-order valence-corrected chi connectivity index (χ4v) is 16.6. The summed E-state index contributed by atoms with van der Waals surface area (Å²) >= 11 is 0. The number of methoxy groups -OCH3 is 1. The van der Waals surface area contributed by atoms with E-state index in [1.54, 1.807) is 43.3 Å². The van der Waals surface area contributed by atoms with Crippen molar-refractivity contribution >= 4 is 28.1 Å². The summed E-state index contributed by atoms with van der Waals surface area (Å²) in [6.45, 7) is 13.6. The number of carbonyl (C=O) groups is 2. The molecule has 0 aliphatic rings. The minimum absolute atomic E-state index is 0.239. The van der Waals surface area contributed by atoms with E-state index in [1.165, 1.54) is 0 Å². The van der Waals surface area contributed by atoms with E-state index in [4.69, 9.17) is 4.74 Å². The Balaban J connectivity index is 2.94. The van der Waals surface area contributed by atoms with E-state index >= 15 is 0 Å². The maximum atomic E-state index is 12.6. The smallest absolute Gasteiger partial charge is 0.323 e. The van der Waals surface area contributed by atoms with Crippen LogP contribution >= 0.6 is 0 Å². The molecule has 0 atom stereocenters. The number of carbonyl (C=O) groups excluding carboxylic acids is 2. The van der Waals surface area contributed by atoms with Gasteiger partial charge < -0.3 is 9.64 Å². The third-order valence-corrected chi connectivity index (χ3v) is 13.2. The van der Waals surface area contributed by atoms with Crippen LogP contribution in [-0.4, -0.2) is 52.4 Å². The molecule has 0 saturated heterocycles. The van der Waals surface area contributed by atoms with Gasteiger partial charge in [-0.15, -0.1) is 0 Å². The second kappa shape index (κ2) is 7.52. The molecular formula is C17H30N2O3Si2. The van der Waals surface area contributed by atoms with Gasteiger partial charge in [-0.2, -0.15) is 0 Å². The van der Waals surface area contributed by atoms with Gasteiger partial charge in [-0.05, 0) is 18.2 Å². The molecule has 24 heavy (non-hydrogen) atoms. The van der Waals surface area contributed by atoms with E-state index in [0.29, 0.717) is 11.3 Å². The minimum atomic E-state index is -1.60. The molecular weight excluding hydrogens is 336 g/mol. The Morgan fingerprint density at radius 1 is 1.08 bits per heavy atom. The highest BCUT2D eigenvalue weighted by atomic mass is 28.4. The molecule has 7 heteroatoms. The topological polar surface area (TPSA) is 58.6 Å². The first-order chi connectivity index (χ1) is 10.9. The van der Waals surface area contributed by atoms with Gasteiger partial charge in [-0.1, -0.05) is 45.3 Å². The second-order valence-corrected chi connectivity index (χ2v) is 19.4. The molecule has 0 saturated carbocycles. The molecule has 1 rings (SSSR count). The third-order valence-electron chi connectivity index (χ3n) is 3.90. The summed E-state index contributed by atoms with van der Waals surface area (Å²) in [5.74, 6) is 0.182. The Morgan fingerprint density at radius 2 is 1.62 bits per heavy atom. The largest absolute Gasteiger partial charge is 0.497 e. The molecule has 0 radical (unpaired) electrons. The predicted molar refractivity (Wildman–Crippen MR) is 104 cm³/mol. The molecule has 0 heterocycles. The van der Waals surface area contributed by atoms with E-state index in [2.05, 4.69) is 44.6 Å². The first-order valence-corrected chi connectivity index (χ1v) is 15.3. The summed E-state index contributed by atoms with van der Waals surface area (Å²) in [6.07, 6.45) is 0. The van der Waals surface area contributed by atoms with Gasteiger partial charge in [0.05, 0.1) is 23.3 Å². The number of nitrogens with one attached hydrogen (secondary N) is 1. The predicted octanol–water partition coefficient (Wildman–Crippen LogP) is 3.60. The molecule has 0 aliphatic carbocycles. The lowest BCUT2D eigenvalue weighted by molar-refractivity contribution is 0.0954. The van der Waals surface area contributed by atoms with Crippen LogP contribution in [0.25, 0.3) is 0 Å². The van der Waals surface area contributed by atoms with Gasteiger partial charge in [0, 0.05) is 17.9 Å². The molecule has 1 N–H and O–H groups in total. The zero-order chi connectivity index (χ0) is 18.7. The van der Waals surface area contributed by atoms with Crippen molar-refractivity contribution in [3.05, 3.63) is 29.8 Å². The lowest BCUT2D eigenvalue weighted by atomic mass is 10.2. The fourth-order valence-electron chi connectivity index (χ4n) is 3.60. The average Bonchev–Trinajstić information content (AvgIpc) is 2.44. The maximum Gasteiger partial charge on any atom is 0.323 e. The van der Waals surface area contributed by atoms with Crippen LogP contribution in [0.1, 0.15) is 10.4 Å². The zero-order valence-electron chi connectivity index (χ0n) is 16.1. The number of amides is 3. The molecule has 0 aromatic heterocycles. The third kappa shape index (κ3) is 5.20. The van der Waals surface area contributed by atoms with Gasteiger partial charge in [0.15, 0.2) is 0 Å². The molecule has 0 unspecified atom stereocenters. The summed E-state index contributed by atoms with van der Waals surface area (Å²) in [5, 5.41) is 2.75. The van der Waals surface area contributed by atoms with Crippen molar-refractivity contribution in [2.45, 2.75) is 44.6 Å². The molecule has 3 amide bonds. The van der Waals surface area contributed by atoms with Crippen molar-refractivity contribution < 1.29 is 14.3 Å². The number of hydrogen-bond acceptors (Lipinski definition) is 3. The molecule has 134 valence electrons. The number of urea groups is 1. The standard InChI is InChI=1S/C17H30N2O3Si2/c1-19(17(23(3,4)5)24(6,7)8)16(21)18-15(20)13-10-9-11-14(12-13)22-2/h9-12,17H,1-8H3,(H,18,20,21). The van der Waals surface area contributed by atoms with Gasteiger partial charge in [-0.3, -0.25) is 10.1 Å². The van der Waals surface area contributed by atoms with Crippen LogP contribution in [0.15, 0.2) is 24.3 Å². The Bertz CT molecular complexity index is 593. The highest BCUT2D eigenvalue weighted by molar-refractivity contribution is 6.96. The molecule has 1 aromatic carbocycles. The van der Waals surface area contributed by atoms with Gasteiger partial charge >= 0.3 is 6.03 Å². The number of benzene rings is 1. The van der Waals surface area contributed by atoms with Crippen molar-refractivity contribution in [3.63, 3.8) is 0 Å². The fraction of sp³-hybridized carbons (Fsp3) is 0.529. The van der Waals surface area contributed by atoms with Gasteiger partial charge in [0.2, 0.25) is 0 Å². The van der Waals surface area contributed by atoms with E-state index in [0.717, 1.165) is 0 Å². The Hall–Kier alpha value is -1.61. The van der Waals surface area contributed by atoms with Crippen LogP contribution in [0.2, 0.25) is 39.3 Å². The lowest BCUT2D eigenvalue weighted by Crippen LogP contribution is -2.65. The van der Waals surface area contributed by atoms with Gasteiger partial charge in [0.1, 0.15) is 5.75 Å². The monoisotopic (exact) mass is 366 g/mol. The minimum Gasteiger partial charge on any atom is -0.497 e. The Morgan fingerprint density at radius 3 is 2.08 bits per heavy atom. The first-order valence-electron chi connectivity index (χ1n) is 8.10. The maximum absolute atomic E-state index is 12.6. The Kier molecular flexibility index (Phi) is 6.41. The Labute approximate surface area is 147 Å². The van der Waals surface area contributed by atoms with E-state index in [9.17, 15) is 9.59 Å². The molecule has 0 fully saturated rings. The van der Waals surface area contributed by atoms with Crippen LogP contribution in [0.4, 0.5) is 4.79 Å². The average molecular weight is 367 g/mol. The highest BCUT2D eigenvalue weighted by Crippen LogP contribution is 2.24. The van der Waals surface area contributed by atoms with Gasteiger partial charge in [-0.25, -0.2) is 4.79 Å². The second-order valence-electron chi connectivity index (χ2n) is 8.24.